The molecule has 0 saturated heterocycles. The van der Waals surface area contributed by atoms with Crippen LogP contribution in [-0.2, 0) is 11.2 Å². The van der Waals surface area contributed by atoms with Crippen molar-refractivity contribution in [2.75, 3.05) is 37.4 Å². The maximum atomic E-state index is 11.3. The minimum Gasteiger partial charge on any atom is -0.385 e. The summed E-state index contributed by atoms with van der Waals surface area (Å²) in [5, 5.41) is 6.03. The molecular formula is C13H19N3O. The van der Waals surface area contributed by atoms with Gasteiger partial charge in [-0.3, -0.25) is 4.79 Å². The molecule has 1 aromatic carbocycles. The fourth-order valence-corrected chi connectivity index (χ4v) is 2.07. The predicted octanol–water partition coefficient (Wildman–Crippen LogP) is 1.23. The van der Waals surface area contributed by atoms with Gasteiger partial charge < -0.3 is 15.5 Å². The van der Waals surface area contributed by atoms with E-state index >= 15 is 0 Å². The van der Waals surface area contributed by atoms with Crippen molar-refractivity contribution < 1.29 is 4.79 Å². The number of anilines is 2. The van der Waals surface area contributed by atoms with Crippen molar-refractivity contribution in [1.82, 2.24) is 5.32 Å². The topological polar surface area (TPSA) is 44.4 Å². The van der Waals surface area contributed by atoms with E-state index in [0.29, 0.717) is 6.54 Å². The molecule has 0 aromatic heterocycles. The summed E-state index contributed by atoms with van der Waals surface area (Å²) >= 11 is 0. The van der Waals surface area contributed by atoms with Crippen LogP contribution in [0.1, 0.15) is 12.0 Å². The number of carbonyl (C=O) groups is 1. The lowest BCUT2D eigenvalue weighted by molar-refractivity contribution is -0.119. The lowest BCUT2D eigenvalue weighted by Gasteiger charge is -2.23. The molecular weight excluding hydrogens is 214 g/mol. The van der Waals surface area contributed by atoms with E-state index in [4.69, 9.17) is 0 Å². The van der Waals surface area contributed by atoms with Crippen molar-refractivity contribution in [2.24, 2.45) is 0 Å². The maximum absolute atomic E-state index is 11.3. The number of nitrogens with one attached hydrogen (secondary N) is 2. The van der Waals surface area contributed by atoms with Crippen molar-refractivity contribution in [3.05, 3.63) is 23.8 Å². The Morgan fingerprint density at radius 3 is 3.12 bits per heavy atom. The lowest BCUT2D eigenvalue weighted by Crippen LogP contribution is -2.33. The van der Waals surface area contributed by atoms with Gasteiger partial charge in [-0.2, -0.15) is 0 Å². The Morgan fingerprint density at radius 1 is 1.53 bits per heavy atom. The van der Waals surface area contributed by atoms with E-state index < -0.39 is 0 Å². The summed E-state index contributed by atoms with van der Waals surface area (Å²) in [5.41, 5.74) is 3.65. The number of benzene rings is 1. The first-order chi connectivity index (χ1) is 8.20. The quantitative estimate of drug-likeness (QED) is 0.825. The maximum Gasteiger partial charge on any atom is 0.239 e. The Kier molecular flexibility index (Phi) is 3.52. The normalized spacial score (nSPS) is 13.5. The van der Waals surface area contributed by atoms with Crippen molar-refractivity contribution >= 4 is 17.3 Å². The van der Waals surface area contributed by atoms with E-state index in [-0.39, 0.29) is 5.91 Å². The van der Waals surface area contributed by atoms with Crippen LogP contribution in [0.4, 0.5) is 11.4 Å². The van der Waals surface area contributed by atoms with E-state index in [1.165, 1.54) is 17.7 Å². The average Bonchev–Trinajstić information content (AvgIpc) is 2.38. The third-order valence-corrected chi connectivity index (χ3v) is 3.13. The number of hydrogen-bond acceptors (Lipinski definition) is 3. The van der Waals surface area contributed by atoms with Gasteiger partial charge in [0.05, 0.1) is 6.54 Å². The Balaban J connectivity index is 2.13. The van der Waals surface area contributed by atoms with Crippen LogP contribution in [0.25, 0.3) is 0 Å². The summed E-state index contributed by atoms with van der Waals surface area (Å²) in [6, 6.07) is 6.35. The largest absolute Gasteiger partial charge is 0.385 e. The molecule has 0 spiro atoms. The van der Waals surface area contributed by atoms with Gasteiger partial charge >= 0.3 is 0 Å². The number of fused-ring (bicyclic) bond motifs is 1. The van der Waals surface area contributed by atoms with E-state index in [9.17, 15) is 4.79 Å². The number of amides is 1. The van der Waals surface area contributed by atoms with Crippen LogP contribution in [0.3, 0.4) is 0 Å². The minimum atomic E-state index is 0.0261. The summed E-state index contributed by atoms with van der Waals surface area (Å²) in [5.74, 6) is 0.0261. The van der Waals surface area contributed by atoms with Gasteiger partial charge in [0, 0.05) is 32.0 Å². The molecule has 0 radical (unpaired) electrons. The fraction of sp³-hybridized carbons (Fsp3) is 0.462. The molecule has 4 nitrogen and oxygen atoms in total. The van der Waals surface area contributed by atoms with Crippen LogP contribution in [0, 0.1) is 0 Å². The Labute approximate surface area is 102 Å². The van der Waals surface area contributed by atoms with Gasteiger partial charge in [0.25, 0.3) is 0 Å². The number of likely N-dealkylation sites (N-methyl/N-ethyl adjacent to an activating group) is 2. The third-order valence-electron chi connectivity index (χ3n) is 3.13. The van der Waals surface area contributed by atoms with Crippen molar-refractivity contribution in [1.29, 1.82) is 0 Å². The molecule has 2 N–H and O–H groups in total. The van der Waals surface area contributed by atoms with Crippen molar-refractivity contribution in [3.8, 4) is 0 Å². The number of aryl methyl sites for hydroxylation is 1. The molecule has 1 amide bonds. The highest BCUT2D eigenvalue weighted by molar-refractivity contribution is 5.81. The zero-order chi connectivity index (χ0) is 12.3. The van der Waals surface area contributed by atoms with Crippen LogP contribution in [0.5, 0.6) is 0 Å². The highest BCUT2D eigenvalue weighted by atomic mass is 16.1. The van der Waals surface area contributed by atoms with Gasteiger partial charge in [-0.05, 0) is 30.5 Å². The van der Waals surface area contributed by atoms with E-state index in [2.05, 4.69) is 28.8 Å². The van der Waals surface area contributed by atoms with Gasteiger partial charge in [-0.15, -0.1) is 0 Å². The SMILES string of the molecule is CNC(=O)CN(C)c1ccc2c(c1)NCCC2. The number of carbonyl (C=O) groups excluding carboxylic acids is 1. The fourth-order valence-electron chi connectivity index (χ4n) is 2.07. The average molecular weight is 233 g/mol. The van der Waals surface area contributed by atoms with Crippen molar-refractivity contribution in [2.45, 2.75) is 12.8 Å². The molecule has 1 aliphatic heterocycles. The molecule has 17 heavy (non-hydrogen) atoms. The molecule has 2 rings (SSSR count). The molecule has 0 bridgehead atoms. The molecule has 1 heterocycles. The predicted molar refractivity (Wildman–Crippen MR) is 70.6 cm³/mol. The second-order valence-corrected chi connectivity index (χ2v) is 4.40. The second kappa shape index (κ2) is 5.08. The summed E-state index contributed by atoms with van der Waals surface area (Å²) in [6.07, 6.45) is 2.34. The number of rotatable bonds is 3. The zero-order valence-corrected chi connectivity index (χ0v) is 10.4. The van der Waals surface area contributed by atoms with Crippen molar-refractivity contribution in [3.63, 3.8) is 0 Å². The van der Waals surface area contributed by atoms with Crippen LogP contribution in [-0.4, -0.2) is 33.1 Å². The lowest BCUT2D eigenvalue weighted by atomic mass is 10.0. The van der Waals surface area contributed by atoms with Gasteiger partial charge in [-0.1, -0.05) is 6.07 Å². The minimum absolute atomic E-state index is 0.0261. The van der Waals surface area contributed by atoms with Gasteiger partial charge in [-0.25, -0.2) is 0 Å². The Morgan fingerprint density at radius 2 is 2.35 bits per heavy atom. The van der Waals surface area contributed by atoms with Crippen LogP contribution >= 0.6 is 0 Å². The van der Waals surface area contributed by atoms with Gasteiger partial charge in [0.2, 0.25) is 5.91 Å². The highest BCUT2D eigenvalue weighted by Gasteiger charge is 2.11. The van der Waals surface area contributed by atoms with Gasteiger partial charge in [0.1, 0.15) is 0 Å². The summed E-state index contributed by atoms with van der Waals surface area (Å²) in [4.78, 5) is 13.3. The molecule has 0 atom stereocenters. The third kappa shape index (κ3) is 2.70. The first-order valence-electron chi connectivity index (χ1n) is 5.99. The Bertz CT molecular complexity index is 417. The molecule has 4 heteroatoms. The molecule has 1 aliphatic rings. The first-order valence-corrected chi connectivity index (χ1v) is 5.99. The summed E-state index contributed by atoms with van der Waals surface area (Å²) < 4.78 is 0. The number of nitrogens with zero attached hydrogens (tertiary/aromatic N) is 1. The Hall–Kier alpha value is -1.71. The second-order valence-electron chi connectivity index (χ2n) is 4.40. The first kappa shape index (κ1) is 11.8. The molecule has 1 aromatic rings. The molecule has 0 unspecified atom stereocenters. The number of hydrogen-bond donors (Lipinski definition) is 2. The standard InChI is InChI=1S/C13H19N3O/c1-14-13(17)9-16(2)11-6-5-10-4-3-7-15-12(10)8-11/h5-6,8,15H,3-4,7,9H2,1-2H3,(H,14,17). The zero-order valence-electron chi connectivity index (χ0n) is 10.4. The molecule has 0 saturated carbocycles. The molecule has 0 aliphatic carbocycles. The summed E-state index contributed by atoms with van der Waals surface area (Å²) in [6.45, 7) is 1.42. The smallest absolute Gasteiger partial charge is 0.239 e. The van der Waals surface area contributed by atoms with Crippen LogP contribution in [0.2, 0.25) is 0 Å². The van der Waals surface area contributed by atoms with E-state index in [0.717, 1.165) is 18.7 Å². The summed E-state index contributed by atoms with van der Waals surface area (Å²) in [7, 11) is 3.59. The van der Waals surface area contributed by atoms with E-state index in [1.54, 1.807) is 7.05 Å². The molecule has 92 valence electrons. The molecule has 0 fully saturated rings. The monoisotopic (exact) mass is 233 g/mol. The highest BCUT2D eigenvalue weighted by Crippen LogP contribution is 2.26. The van der Waals surface area contributed by atoms with Gasteiger partial charge in [0.15, 0.2) is 0 Å². The van der Waals surface area contributed by atoms with Crippen LogP contribution < -0.4 is 15.5 Å². The van der Waals surface area contributed by atoms with E-state index in [1.807, 2.05) is 11.9 Å². The van der Waals surface area contributed by atoms with Crippen LogP contribution in [0.15, 0.2) is 18.2 Å².